The van der Waals surface area contributed by atoms with Crippen LogP contribution < -0.4 is 0 Å². The fraction of sp³-hybridized carbons (Fsp3) is 0.875. The van der Waals surface area contributed by atoms with Gasteiger partial charge in [-0.15, -0.1) is 0 Å². The summed E-state index contributed by atoms with van der Waals surface area (Å²) in [5.41, 5.74) is 0. The smallest absolute Gasteiger partial charge is 0.211 e. The topological polar surface area (TPSA) is 58.9 Å². The summed E-state index contributed by atoms with van der Waals surface area (Å²) < 4.78 is 0. The summed E-state index contributed by atoms with van der Waals surface area (Å²) in [7, 11) is 0. The van der Waals surface area contributed by atoms with Crippen LogP contribution in [0.2, 0.25) is 0 Å². The van der Waals surface area contributed by atoms with Crippen molar-refractivity contribution >= 4 is 12.2 Å². The van der Waals surface area contributed by atoms with Gasteiger partial charge in [-0.05, 0) is 37.5 Å². The van der Waals surface area contributed by atoms with Gasteiger partial charge in [0.15, 0.2) is 0 Å². The Morgan fingerprint density at radius 2 is 1.15 bits per heavy atom. The van der Waals surface area contributed by atoms with E-state index in [1.54, 1.807) is 12.2 Å². The summed E-state index contributed by atoms with van der Waals surface area (Å²) in [6.45, 7) is 5.67. The second-order valence-corrected chi connectivity index (χ2v) is 5.46. The summed E-state index contributed by atoms with van der Waals surface area (Å²) in [4.78, 5) is 27.0. The number of nitrogens with zero attached hydrogens (tertiary/aromatic N) is 2. The standard InChI is InChI=1S/C10H14N2O2.C6H14/c13-7-11-5-9-1-2-10(4-3-9)6-12-8-14;1-3-5-6-4-2/h9-10H,1-6H2;3-6H2,1-2H3. The lowest BCUT2D eigenvalue weighted by molar-refractivity contribution is 0.285. The molecule has 0 heterocycles. The largest absolute Gasteiger partial charge is 0.234 e. The van der Waals surface area contributed by atoms with E-state index in [4.69, 9.17) is 0 Å². The van der Waals surface area contributed by atoms with E-state index in [9.17, 15) is 9.59 Å². The van der Waals surface area contributed by atoms with E-state index in [0.29, 0.717) is 24.9 Å². The van der Waals surface area contributed by atoms with Crippen LogP contribution in [0.1, 0.15) is 65.2 Å². The fourth-order valence-electron chi connectivity index (χ4n) is 2.43. The van der Waals surface area contributed by atoms with Gasteiger partial charge >= 0.3 is 0 Å². The van der Waals surface area contributed by atoms with Crippen LogP contribution >= 0.6 is 0 Å². The molecule has 0 aromatic rings. The van der Waals surface area contributed by atoms with Gasteiger partial charge in [0.05, 0.1) is 13.1 Å². The molecule has 4 heteroatoms. The molecule has 0 unspecified atom stereocenters. The molecule has 0 saturated heterocycles. The van der Waals surface area contributed by atoms with E-state index in [-0.39, 0.29) is 0 Å². The minimum absolute atomic E-state index is 0.521. The molecular formula is C16H28N2O2. The van der Waals surface area contributed by atoms with Crippen molar-refractivity contribution in [2.75, 3.05) is 13.1 Å². The molecule has 0 aliphatic heterocycles. The predicted octanol–water partition coefficient (Wildman–Crippen LogP) is 4.05. The maximum absolute atomic E-state index is 9.90. The Kier molecular flexibility index (Phi) is 13.3. The Labute approximate surface area is 122 Å². The number of rotatable bonds is 7. The van der Waals surface area contributed by atoms with Crippen molar-refractivity contribution in [3.8, 4) is 0 Å². The number of hydrogen-bond donors (Lipinski definition) is 0. The highest BCUT2D eigenvalue weighted by Crippen LogP contribution is 2.28. The third-order valence-electron chi connectivity index (χ3n) is 3.75. The highest BCUT2D eigenvalue weighted by Gasteiger charge is 2.20. The van der Waals surface area contributed by atoms with Crippen molar-refractivity contribution in [2.45, 2.75) is 65.2 Å². The highest BCUT2D eigenvalue weighted by molar-refractivity contribution is 5.33. The van der Waals surface area contributed by atoms with Gasteiger partial charge in [-0.3, -0.25) is 0 Å². The van der Waals surface area contributed by atoms with Crippen molar-refractivity contribution in [1.82, 2.24) is 0 Å². The van der Waals surface area contributed by atoms with Crippen molar-refractivity contribution in [3.05, 3.63) is 0 Å². The summed E-state index contributed by atoms with van der Waals surface area (Å²) >= 11 is 0. The van der Waals surface area contributed by atoms with Gasteiger partial charge < -0.3 is 0 Å². The third kappa shape index (κ3) is 10.7. The quantitative estimate of drug-likeness (QED) is 0.401. The van der Waals surface area contributed by atoms with Gasteiger partial charge in [-0.2, -0.15) is 0 Å². The molecule has 1 fully saturated rings. The average molecular weight is 280 g/mol. The Bertz CT molecular complexity index is 278. The van der Waals surface area contributed by atoms with Crippen molar-refractivity contribution in [3.63, 3.8) is 0 Å². The molecule has 0 aromatic carbocycles. The lowest BCUT2D eigenvalue weighted by Crippen LogP contribution is -2.18. The van der Waals surface area contributed by atoms with Crippen molar-refractivity contribution in [1.29, 1.82) is 0 Å². The Morgan fingerprint density at radius 3 is 1.40 bits per heavy atom. The number of hydrogen-bond acceptors (Lipinski definition) is 4. The molecule has 1 aliphatic carbocycles. The normalized spacial score (nSPS) is 20.9. The summed E-state index contributed by atoms with van der Waals surface area (Å²) in [5, 5.41) is 0. The summed E-state index contributed by atoms with van der Waals surface area (Å²) in [5.74, 6) is 1.04. The van der Waals surface area contributed by atoms with Crippen LogP contribution in [0.4, 0.5) is 0 Å². The maximum Gasteiger partial charge on any atom is 0.234 e. The lowest BCUT2D eigenvalue weighted by atomic mass is 9.82. The monoisotopic (exact) mass is 280 g/mol. The molecule has 0 N–H and O–H groups in total. The van der Waals surface area contributed by atoms with E-state index >= 15 is 0 Å². The number of carbonyl (C=O) groups excluding carboxylic acids is 2. The number of unbranched alkanes of at least 4 members (excludes halogenated alkanes) is 3. The molecule has 0 bridgehead atoms. The first kappa shape index (κ1) is 18.8. The second-order valence-electron chi connectivity index (χ2n) is 5.46. The zero-order valence-electron chi connectivity index (χ0n) is 12.9. The van der Waals surface area contributed by atoms with Gasteiger partial charge in [0.2, 0.25) is 12.2 Å². The second kappa shape index (κ2) is 14.2. The SMILES string of the molecule is CCCCCC.O=C=NCC1CCC(CN=C=O)CC1. The Balaban J connectivity index is 0.000000511. The molecule has 4 nitrogen and oxygen atoms in total. The molecule has 0 spiro atoms. The van der Waals surface area contributed by atoms with E-state index < -0.39 is 0 Å². The molecule has 0 amide bonds. The van der Waals surface area contributed by atoms with Crippen LogP contribution in [0, 0.1) is 11.8 Å². The minimum atomic E-state index is 0.521. The van der Waals surface area contributed by atoms with Crippen LogP contribution in [-0.4, -0.2) is 25.2 Å². The number of isocyanates is 2. The molecule has 1 saturated carbocycles. The Morgan fingerprint density at radius 1 is 0.800 bits per heavy atom. The third-order valence-corrected chi connectivity index (χ3v) is 3.75. The van der Waals surface area contributed by atoms with E-state index in [1.807, 2.05) is 0 Å². The van der Waals surface area contributed by atoms with Crippen LogP contribution in [0.15, 0.2) is 9.98 Å². The fourth-order valence-corrected chi connectivity index (χ4v) is 2.43. The summed E-state index contributed by atoms with van der Waals surface area (Å²) in [6, 6.07) is 0. The molecule has 0 aromatic heterocycles. The van der Waals surface area contributed by atoms with Crippen molar-refractivity contribution < 1.29 is 9.59 Å². The van der Waals surface area contributed by atoms with Gasteiger partial charge in [0.1, 0.15) is 0 Å². The molecule has 1 rings (SSSR count). The zero-order chi connectivity index (χ0) is 15.1. The van der Waals surface area contributed by atoms with E-state index in [2.05, 4.69) is 23.8 Å². The highest BCUT2D eigenvalue weighted by atomic mass is 16.1. The molecule has 0 radical (unpaired) electrons. The van der Waals surface area contributed by atoms with E-state index in [1.165, 1.54) is 25.7 Å². The zero-order valence-corrected chi connectivity index (χ0v) is 12.9. The molecule has 114 valence electrons. The molecule has 1 aliphatic rings. The summed E-state index contributed by atoms with van der Waals surface area (Å²) in [6.07, 6.45) is 13.0. The minimum Gasteiger partial charge on any atom is -0.211 e. The van der Waals surface area contributed by atoms with Gasteiger partial charge in [0, 0.05) is 0 Å². The Hall–Kier alpha value is -1.24. The van der Waals surface area contributed by atoms with Gasteiger partial charge in [-0.25, -0.2) is 19.6 Å². The van der Waals surface area contributed by atoms with Crippen LogP contribution in [0.5, 0.6) is 0 Å². The molecular weight excluding hydrogens is 252 g/mol. The average Bonchev–Trinajstić information content (AvgIpc) is 2.50. The molecule has 0 atom stereocenters. The van der Waals surface area contributed by atoms with Crippen LogP contribution in [-0.2, 0) is 9.59 Å². The first-order valence-corrected chi connectivity index (χ1v) is 7.85. The molecule has 20 heavy (non-hydrogen) atoms. The van der Waals surface area contributed by atoms with Crippen LogP contribution in [0.25, 0.3) is 0 Å². The first-order chi connectivity index (χ1) is 9.78. The van der Waals surface area contributed by atoms with Gasteiger partial charge in [0.25, 0.3) is 0 Å². The lowest BCUT2D eigenvalue weighted by Gasteiger charge is -2.25. The van der Waals surface area contributed by atoms with E-state index in [0.717, 1.165) is 25.7 Å². The maximum atomic E-state index is 9.90. The van der Waals surface area contributed by atoms with Gasteiger partial charge in [-0.1, -0.05) is 39.5 Å². The number of aliphatic imine (C=N–C) groups is 2. The predicted molar refractivity (Wildman–Crippen MR) is 81.2 cm³/mol. The van der Waals surface area contributed by atoms with Crippen LogP contribution in [0.3, 0.4) is 0 Å². The first-order valence-electron chi connectivity index (χ1n) is 7.85. The van der Waals surface area contributed by atoms with Crippen molar-refractivity contribution in [2.24, 2.45) is 21.8 Å².